The first-order chi connectivity index (χ1) is 6.51. The molecule has 0 spiro atoms. The van der Waals surface area contributed by atoms with E-state index in [1.807, 2.05) is 12.1 Å². The summed E-state index contributed by atoms with van der Waals surface area (Å²) in [4.78, 5) is 0. The predicted octanol–water partition coefficient (Wildman–Crippen LogP) is -1.70. The standard InChI is InChI=1S/C9H16B3NO/c1-14-8-4-2-7(3-5-8)6-13-9(10,11)12/h2-5,13H,6,10-12H2,1H3. The third-order valence-corrected chi connectivity index (χ3v) is 1.98. The third-order valence-electron chi connectivity index (χ3n) is 1.98. The molecule has 0 aliphatic rings. The van der Waals surface area contributed by atoms with Gasteiger partial charge in [0.1, 0.15) is 29.3 Å². The average molecular weight is 187 g/mol. The van der Waals surface area contributed by atoms with Gasteiger partial charge in [0.05, 0.1) is 7.11 Å². The SMILES string of the molecule is BC(B)(B)NCc1ccc(OC)cc1. The van der Waals surface area contributed by atoms with Crippen molar-refractivity contribution < 1.29 is 4.74 Å². The molecule has 72 valence electrons. The van der Waals surface area contributed by atoms with Gasteiger partial charge in [-0.2, -0.15) is 0 Å². The number of hydrogen-bond donors (Lipinski definition) is 1. The molecule has 0 fully saturated rings. The smallest absolute Gasteiger partial charge is 0.118 e. The molecule has 0 atom stereocenters. The summed E-state index contributed by atoms with van der Waals surface area (Å²) in [6.07, 6.45) is 0. The number of methoxy groups -OCH3 is 1. The quantitative estimate of drug-likeness (QED) is 0.566. The Morgan fingerprint density at radius 3 is 2.21 bits per heavy atom. The molecule has 2 nitrogen and oxygen atoms in total. The van der Waals surface area contributed by atoms with Crippen LogP contribution in [0.1, 0.15) is 5.56 Å². The Kier molecular flexibility index (Phi) is 3.70. The Balaban J connectivity index is 2.52. The maximum Gasteiger partial charge on any atom is 0.118 e. The number of hydrogen-bond acceptors (Lipinski definition) is 2. The van der Waals surface area contributed by atoms with E-state index in [0.717, 1.165) is 12.3 Å². The first-order valence-electron chi connectivity index (χ1n) is 4.89. The Hall–Kier alpha value is -0.825. The summed E-state index contributed by atoms with van der Waals surface area (Å²) >= 11 is 0. The molecular weight excluding hydrogens is 171 g/mol. The van der Waals surface area contributed by atoms with Gasteiger partial charge >= 0.3 is 0 Å². The van der Waals surface area contributed by atoms with E-state index in [2.05, 4.69) is 41.0 Å². The van der Waals surface area contributed by atoms with Gasteiger partial charge in [0, 0.05) is 6.54 Å². The zero-order valence-electron chi connectivity index (χ0n) is 9.42. The van der Waals surface area contributed by atoms with Crippen LogP contribution in [0.25, 0.3) is 0 Å². The van der Waals surface area contributed by atoms with Crippen LogP contribution in [0.3, 0.4) is 0 Å². The Labute approximate surface area is 88.6 Å². The molecule has 1 rings (SSSR count). The largest absolute Gasteiger partial charge is 0.497 e. The molecule has 0 aliphatic heterocycles. The van der Waals surface area contributed by atoms with Gasteiger partial charge in [-0.3, -0.25) is 0 Å². The van der Waals surface area contributed by atoms with Gasteiger partial charge in [-0.25, -0.2) is 0 Å². The van der Waals surface area contributed by atoms with Crippen molar-refractivity contribution in [1.82, 2.24) is 5.32 Å². The second kappa shape index (κ2) is 4.60. The first-order valence-corrected chi connectivity index (χ1v) is 4.89. The van der Waals surface area contributed by atoms with Crippen LogP contribution >= 0.6 is 0 Å². The van der Waals surface area contributed by atoms with Crippen molar-refractivity contribution in [1.29, 1.82) is 0 Å². The van der Waals surface area contributed by atoms with E-state index >= 15 is 0 Å². The van der Waals surface area contributed by atoms with Gasteiger partial charge in [-0.1, -0.05) is 17.4 Å². The first kappa shape index (κ1) is 11.3. The highest BCUT2D eigenvalue weighted by Gasteiger charge is 2.08. The van der Waals surface area contributed by atoms with Crippen LogP contribution in [0.4, 0.5) is 0 Å². The van der Waals surface area contributed by atoms with Gasteiger partial charge < -0.3 is 10.1 Å². The summed E-state index contributed by atoms with van der Waals surface area (Å²) in [6, 6.07) is 8.13. The molecule has 0 radical (unpaired) electrons. The molecule has 1 N–H and O–H groups in total. The maximum absolute atomic E-state index is 5.09. The second-order valence-corrected chi connectivity index (χ2v) is 4.45. The van der Waals surface area contributed by atoms with Gasteiger partial charge in [0.25, 0.3) is 0 Å². The van der Waals surface area contributed by atoms with E-state index in [1.54, 1.807) is 7.11 Å². The van der Waals surface area contributed by atoms with Crippen molar-refractivity contribution in [3.05, 3.63) is 29.8 Å². The Morgan fingerprint density at radius 1 is 1.21 bits per heavy atom. The van der Waals surface area contributed by atoms with Crippen molar-refractivity contribution in [2.75, 3.05) is 7.11 Å². The summed E-state index contributed by atoms with van der Waals surface area (Å²) in [5, 5.41) is 3.60. The van der Waals surface area contributed by atoms with Crippen LogP contribution in [0, 0.1) is 0 Å². The van der Waals surface area contributed by atoms with Crippen molar-refractivity contribution in [2.24, 2.45) is 0 Å². The van der Waals surface area contributed by atoms with Crippen molar-refractivity contribution in [2.45, 2.75) is 11.8 Å². The van der Waals surface area contributed by atoms with E-state index in [9.17, 15) is 0 Å². The van der Waals surface area contributed by atoms with E-state index in [4.69, 9.17) is 4.74 Å². The Bertz CT molecular complexity index is 281. The number of nitrogens with one attached hydrogen (secondary N) is 1. The molecule has 0 heterocycles. The van der Waals surface area contributed by atoms with E-state index < -0.39 is 0 Å². The monoisotopic (exact) mass is 187 g/mol. The molecule has 5 heteroatoms. The molecule has 0 bridgehead atoms. The lowest BCUT2D eigenvalue weighted by Gasteiger charge is -2.20. The summed E-state index contributed by atoms with van der Waals surface area (Å²) in [7, 11) is 8.17. The fourth-order valence-corrected chi connectivity index (χ4v) is 1.11. The van der Waals surface area contributed by atoms with Crippen LogP contribution in [0.2, 0.25) is 0 Å². The summed E-state index contributed by atoms with van der Waals surface area (Å²) in [5.41, 5.74) is 1.28. The minimum Gasteiger partial charge on any atom is -0.497 e. The minimum absolute atomic E-state index is 0.167. The lowest BCUT2D eigenvalue weighted by atomic mass is 9.49. The maximum atomic E-state index is 5.09. The fraction of sp³-hybridized carbons (Fsp3) is 0.333. The van der Waals surface area contributed by atoms with E-state index in [-0.39, 0.29) is 5.24 Å². The molecule has 1 aromatic carbocycles. The summed E-state index contributed by atoms with van der Waals surface area (Å²) in [6.45, 7) is 0.896. The van der Waals surface area contributed by atoms with Crippen LogP contribution in [0.15, 0.2) is 24.3 Å². The van der Waals surface area contributed by atoms with Crippen molar-refractivity contribution >= 4 is 23.5 Å². The summed E-state index contributed by atoms with van der Waals surface area (Å²) < 4.78 is 5.09. The van der Waals surface area contributed by atoms with E-state index in [0.29, 0.717) is 0 Å². The van der Waals surface area contributed by atoms with Gasteiger partial charge in [0.2, 0.25) is 0 Å². The number of ether oxygens (including phenoxy) is 1. The zero-order valence-corrected chi connectivity index (χ0v) is 9.42. The second-order valence-electron chi connectivity index (χ2n) is 4.45. The molecule has 1 aromatic rings. The van der Waals surface area contributed by atoms with Crippen LogP contribution in [-0.4, -0.2) is 35.9 Å². The number of rotatable bonds is 4. The molecular formula is C9H16B3NO. The predicted molar refractivity (Wildman–Crippen MR) is 68.2 cm³/mol. The highest BCUT2D eigenvalue weighted by molar-refractivity contribution is 6.59. The lowest BCUT2D eigenvalue weighted by molar-refractivity contribution is 0.414. The molecule has 0 aromatic heterocycles. The lowest BCUT2D eigenvalue weighted by Crippen LogP contribution is -2.46. The topological polar surface area (TPSA) is 21.3 Å². The van der Waals surface area contributed by atoms with Crippen LogP contribution in [0.5, 0.6) is 5.75 Å². The third kappa shape index (κ3) is 3.92. The van der Waals surface area contributed by atoms with Gasteiger partial charge in [-0.05, 0) is 17.7 Å². The molecule has 14 heavy (non-hydrogen) atoms. The molecule has 0 unspecified atom stereocenters. The van der Waals surface area contributed by atoms with Crippen molar-refractivity contribution in [3.8, 4) is 5.75 Å². The molecule has 0 saturated heterocycles. The van der Waals surface area contributed by atoms with Crippen molar-refractivity contribution in [3.63, 3.8) is 0 Å². The highest BCUT2D eigenvalue weighted by atomic mass is 16.5. The molecule has 0 amide bonds. The Morgan fingerprint density at radius 2 is 1.79 bits per heavy atom. The van der Waals surface area contributed by atoms with Gasteiger partial charge in [0.15, 0.2) is 0 Å². The zero-order chi connectivity index (χ0) is 10.6. The summed E-state index contributed by atoms with van der Waals surface area (Å²) in [5.74, 6) is 0.907. The number of benzene rings is 1. The van der Waals surface area contributed by atoms with E-state index in [1.165, 1.54) is 5.56 Å². The fourth-order valence-electron chi connectivity index (χ4n) is 1.11. The normalized spacial score (nSPS) is 11.2. The average Bonchev–Trinajstić information content (AvgIpc) is 2.14. The van der Waals surface area contributed by atoms with Crippen LogP contribution < -0.4 is 10.1 Å². The highest BCUT2D eigenvalue weighted by Crippen LogP contribution is 2.11. The molecule has 0 aliphatic carbocycles. The minimum atomic E-state index is 0.167. The molecule has 0 saturated carbocycles. The van der Waals surface area contributed by atoms with Gasteiger partial charge in [-0.15, -0.1) is 0 Å². The van der Waals surface area contributed by atoms with Crippen LogP contribution in [-0.2, 0) is 6.54 Å².